The molecule has 1 aliphatic rings. The number of aromatic nitrogens is 2. The van der Waals surface area contributed by atoms with Crippen LogP contribution >= 0.6 is 23.1 Å². The second-order valence-electron chi connectivity index (χ2n) is 8.05. The van der Waals surface area contributed by atoms with Crippen LogP contribution in [0.15, 0.2) is 47.4 Å². The van der Waals surface area contributed by atoms with Gasteiger partial charge in [0.1, 0.15) is 11.0 Å². The number of fused-ring (bicyclic) bond motifs is 1. The summed E-state index contributed by atoms with van der Waals surface area (Å²) in [4.78, 5) is 13.8. The first-order valence-corrected chi connectivity index (χ1v) is 12.3. The first-order chi connectivity index (χ1) is 16.9. The van der Waals surface area contributed by atoms with Gasteiger partial charge in [-0.05, 0) is 59.3 Å². The second kappa shape index (κ2) is 8.95. The molecular formula is C25H22N2O6S2. The summed E-state index contributed by atoms with van der Waals surface area (Å²) in [5.74, 6) is -1.12. The third-order valence-electron chi connectivity index (χ3n) is 5.87. The van der Waals surface area contributed by atoms with E-state index in [0.717, 1.165) is 28.4 Å². The summed E-state index contributed by atoms with van der Waals surface area (Å²) in [5, 5.41) is 13.7. The lowest BCUT2D eigenvalue weighted by molar-refractivity contribution is -0.184. The van der Waals surface area contributed by atoms with Crippen LogP contribution in [0, 0.1) is 6.92 Å². The number of nitrogens with zero attached hydrogens (tertiary/aromatic N) is 2. The lowest BCUT2D eigenvalue weighted by atomic mass is 9.90. The molecular weight excluding hydrogens is 488 g/mol. The largest absolute Gasteiger partial charge is 0.493 e. The zero-order chi connectivity index (χ0) is 24.7. The predicted molar refractivity (Wildman–Crippen MR) is 133 cm³/mol. The van der Waals surface area contributed by atoms with E-state index in [9.17, 15) is 9.90 Å². The van der Waals surface area contributed by atoms with Crippen LogP contribution in [0.5, 0.6) is 17.2 Å². The van der Waals surface area contributed by atoms with Gasteiger partial charge in [-0.3, -0.25) is 0 Å². The second-order valence-corrected chi connectivity index (χ2v) is 9.49. The number of hydrogen-bond donors (Lipinski definition) is 1. The maximum absolute atomic E-state index is 13.3. The van der Waals surface area contributed by atoms with Crippen molar-refractivity contribution in [3.63, 3.8) is 0 Å². The molecule has 0 spiro atoms. The number of carbonyl (C=O) groups is 1. The summed E-state index contributed by atoms with van der Waals surface area (Å²) in [6.07, 6.45) is 0.193. The van der Waals surface area contributed by atoms with E-state index in [2.05, 4.69) is 8.75 Å². The van der Waals surface area contributed by atoms with E-state index in [-0.39, 0.29) is 6.42 Å². The Morgan fingerprint density at radius 2 is 1.71 bits per heavy atom. The predicted octanol–water partition coefficient (Wildman–Crippen LogP) is 4.49. The van der Waals surface area contributed by atoms with E-state index in [1.54, 1.807) is 30.3 Å². The number of aryl methyl sites for hydroxylation is 1. The van der Waals surface area contributed by atoms with Crippen molar-refractivity contribution in [2.45, 2.75) is 19.1 Å². The number of cyclic esters (lactones) is 1. The summed E-state index contributed by atoms with van der Waals surface area (Å²) in [5.41, 5.74) is 4.42. The fourth-order valence-electron chi connectivity index (χ4n) is 4.23. The average Bonchev–Trinajstić information content (AvgIpc) is 3.56. The Morgan fingerprint density at radius 1 is 1.00 bits per heavy atom. The maximum atomic E-state index is 13.3. The summed E-state index contributed by atoms with van der Waals surface area (Å²) >= 11 is 2.43. The number of benzene rings is 2. The molecule has 1 N–H and O–H groups in total. The molecule has 10 heteroatoms. The van der Waals surface area contributed by atoms with Crippen LogP contribution in [0.4, 0.5) is 0 Å². The Hall–Kier alpha value is -3.47. The van der Waals surface area contributed by atoms with Crippen LogP contribution in [0.3, 0.4) is 0 Å². The molecule has 5 rings (SSSR count). The van der Waals surface area contributed by atoms with Crippen molar-refractivity contribution < 1.29 is 28.8 Å². The highest BCUT2D eigenvalue weighted by atomic mass is 32.1. The van der Waals surface area contributed by atoms with E-state index in [1.165, 1.54) is 32.7 Å². The minimum Gasteiger partial charge on any atom is -0.493 e. The fraction of sp³-hybridized carbons (Fsp3) is 0.240. The Bertz CT molecular complexity index is 1450. The lowest BCUT2D eigenvalue weighted by Crippen LogP contribution is -2.28. The SMILES string of the molecule is COc1cc(CC2=C(c3ccc4nsnc4c3)C(=O)OC2(O)c2cc(C)cs2)cc(OC)c1OC. The van der Waals surface area contributed by atoms with E-state index in [4.69, 9.17) is 18.9 Å². The van der Waals surface area contributed by atoms with Gasteiger partial charge in [0.15, 0.2) is 11.5 Å². The van der Waals surface area contributed by atoms with Gasteiger partial charge in [0.2, 0.25) is 5.75 Å². The zero-order valence-electron chi connectivity index (χ0n) is 19.4. The van der Waals surface area contributed by atoms with Gasteiger partial charge in [-0.2, -0.15) is 8.75 Å². The fourth-order valence-corrected chi connectivity index (χ4v) is 5.70. The highest BCUT2D eigenvalue weighted by molar-refractivity contribution is 7.10. The van der Waals surface area contributed by atoms with Crippen LogP contribution in [0.25, 0.3) is 16.6 Å². The Kier molecular flexibility index (Phi) is 5.96. The molecule has 2 aromatic carbocycles. The Morgan fingerprint density at radius 3 is 2.34 bits per heavy atom. The van der Waals surface area contributed by atoms with Gasteiger partial charge in [0.25, 0.3) is 5.79 Å². The molecule has 0 radical (unpaired) electrons. The van der Waals surface area contributed by atoms with Gasteiger partial charge >= 0.3 is 5.97 Å². The summed E-state index contributed by atoms with van der Waals surface area (Å²) < 4.78 is 30.7. The Balaban J connectivity index is 1.71. The number of methoxy groups -OCH3 is 3. The van der Waals surface area contributed by atoms with Crippen LogP contribution in [-0.2, 0) is 21.7 Å². The topological polar surface area (TPSA) is 100 Å². The normalized spacial score (nSPS) is 17.7. The van der Waals surface area contributed by atoms with Gasteiger partial charge < -0.3 is 24.1 Å². The van der Waals surface area contributed by atoms with Gasteiger partial charge in [-0.1, -0.05) is 6.07 Å². The molecule has 8 nitrogen and oxygen atoms in total. The molecule has 0 bridgehead atoms. The number of esters is 1. The van der Waals surface area contributed by atoms with Crippen LogP contribution in [0.2, 0.25) is 0 Å². The third kappa shape index (κ3) is 3.93. The lowest BCUT2D eigenvalue weighted by Gasteiger charge is -2.24. The summed E-state index contributed by atoms with van der Waals surface area (Å²) in [6.45, 7) is 1.92. The summed E-state index contributed by atoms with van der Waals surface area (Å²) in [6, 6.07) is 10.8. The van der Waals surface area contributed by atoms with E-state index < -0.39 is 11.8 Å². The molecule has 0 amide bonds. The highest BCUT2D eigenvalue weighted by Crippen LogP contribution is 2.48. The van der Waals surface area contributed by atoms with Gasteiger partial charge in [0.05, 0.1) is 43.5 Å². The van der Waals surface area contributed by atoms with Crippen molar-refractivity contribution in [1.29, 1.82) is 0 Å². The van der Waals surface area contributed by atoms with Gasteiger partial charge in [-0.15, -0.1) is 11.3 Å². The first-order valence-electron chi connectivity index (χ1n) is 10.6. The van der Waals surface area contributed by atoms with Crippen LogP contribution < -0.4 is 14.2 Å². The molecule has 3 heterocycles. The number of rotatable bonds is 7. The van der Waals surface area contributed by atoms with E-state index in [0.29, 0.717) is 44.4 Å². The minimum atomic E-state index is -1.92. The van der Waals surface area contributed by atoms with Crippen molar-refractivity contribution in [1.82, 2.24) is 8.75 Å². The quantitative estimate of drug-likeness (QED) is 0.363. The molecule has 35 heavy (non-hydrogen) atoms. The molecule has 2 aromatic heterocycles. The number of ether oxygens (including phenoxy) is 4. The van der Waals surface area contributed by atoms with Crippen LogP contribution in [-0.4, -0.2) is 41.2 Å². The van der Waals surface area contributed by atoms with Gasteiger partial charge in [0, 0.05) is 12.0 Å². The zero-order valence-corrected chi connectivity index (χ0v) is 21.1. The summed E-state index contributed by atoms with van der Waals surface area (Å²) in [7, 11) is 4.61. The molecule has 1 atom stereocenters. The van der Waals surface area contributed by atoms with E-state index in [1.807, 2.05) is 18.4 Å². The number of hydrogen-bond acceptors (Lipinski definition) is 10. The Labute approximate surface area is 209 Å². The molecule has 1 unspecified atom stereocenters. The van der Waals surface area contributed by atoms with Crippen molar-refractivity contribution in [3.05, 3.63) is 68.9 Å². The first kappa shape index (κ1) is 23.3. The smallest absolute Gasteiger partial charge is 0.342 e. The van der Waals surface area contributed by atoms with E-state index >= 15 is 0 Å². The molecule has 0 saturated carbocycles. The maximum Gasteiger partial charge on any atom is 0.342 e. The third-order valence-corrected chi connectivity index (χ3v) is 7.56. The highest BCUT2D eigenvalue weighted by Gasteiger charge is 2.49. The van der Waals surface area contributed by atoms with Gasteiger partial charge in [-0.25, -0.2) is 4.79 Å². The number of carbonyl (C=O) groups excluding carboxylic acids is 1. The standard InChI is InChI=1S/C25H22N2O6S2/c1-13-7-21(34-12-13)25(29)16(8-14-9-19(30-2)23(32-4)20(10-14)31-3)22(24(28)33-25)15-5-6-17-18(11-15)27-35-26-17/h5-7,9-12,29H,8H2,1-4H3. The minimum absolute atomic E-state index is 0.193. The number of thiophene rings is 1. The van der Waals surface area contributed by atoms with Crippen molar-refractivity contribution in [2.75, 3.05) is 21.3 Å². The van der Waals surface area contributed by atoms with Crippen molar-refractivity contribution in [2.24, 2.45) is 0 Å². The molecule has 0 saturated heterocycles. The van der Waals surface area contributed by atoms with Crippen molar-refractivity contribution in [3.8, 4) is 17.2 Å². The van der Waals surface area contributed by atoms with Crippen LogP contribution in [0.1, 0.15) is 21.6 Å². The molecule has 180 valence electrons. The van der Waals surface area contributed by atoms with Crippen molar-refractivity contribution >= 4 is 45.6 Å². The molecule has 0 aliphatic carbocycles. The molecule has 1 aliphatic heterocycles. The molecule has 4 aromatic rings. The average molecular weight is 511 g/mol. The number of aliphatic hydroxyl groups is 1. The molecule has 0 fully saturated rings. The monoisotopic (exact) mass is 510 g/mol.